The molecule has 144 valence electrons. The van der Waals surface area contributed by atoms with Crippen molar-refractivity contribution < 1.29 is 17.9 Å². The zero-order chi connectivity index (χ0) is 19.9. The maximum Gasteiger partial charge on any atom is 0.264 e. The van der Waals surface area contributed by atoms with Crippen molar-refractivity contribution in [3.8, 4) is 5.75 Å². The second-order valence-electron chi connectivity index (χ2n) is 5.46. The number of sulfonamides is 1. The number of para-hydroxylation sites is 2. The molecule has 0 saturated carbocycles. The predicted octanol–water partition coefficient (Wildman–Crippen LogP) is 3.24. The van der Waals surface area contributed by atoms with Crippen LogP contribution in [0.1, 0.15) is 6.92 Å². The van der Waals surface area contributed by atoms with E-state index in [1.54, 1.807) is 31.2 Å². The molecule has 0 heterocycles. The number of amides is 1. The van der Waals surface area contributed by atoms with Crippen LogP contribution < -0.4 is 14.4 Å². The maximum absolute atomic E-state index is 13.2. The highest BCUT2D eigenvalue weighted by molar-refractivity contribution is 7.92. The van der Waals surface area contributed by atoms with Crippen molar-refractivity contribution in [2.24, 2.45) is 0 Å². The molecule has 0 unspecified atom stereocenters. The first-order chi connectivity index (χ1) is 12.9. The van der Waals surface area contributed by atoms with Gasteiger partial charge in [0.1, 0.15) is 12.3 Å². The normalized spacial score (nSPS) is 10.9. The van der Waals surface area contributed by atoms with Gasteiger partial charge >= 0.3 is 0 Å². The van der Waals surface area contributed by atoms with E-state index in [0.29, 0.717) is 17.4 Å². The van der Waals surface area contributed by atoms with E-state index in [1.165, 1.54) is 30.3 Å². The number of ether oxygens (including phenoxy) is 1. The molecule has 0 fully saturated rings. The molecular formula is C19H21ClN2O4S. The Bertz CT molecular complexity index is 898. The van der Waals surface area contributed by atoms with E-state index in [-0.39, 0.29) is 17.1 Å². The Hall–Kier alpha value is -2.51. The molecule has 0 saturated heterocycles. The van der Waals surface area contributed by atoms with Crippen molar-refractivity contribution in [2.75, 3.05) is 24.0 Å². The Labute approximate surface area is 164 Å². The van der Waals surface area contributed by atoms with Gasteiger partial charge in [-0.1, -0.05) is 29.8 Å². The van der Waals surface area contributed by atoms with Crippen molar-refractivity contribution in [1.82, 2.24) is 5.32 Å². The van der Waals surface area contributed by atoms with Crippen LogP contribution in [0.3, 0.4) is 0 Å². The first-order valence-electron chi connectivity index (χ1n) is 8.28. The number of carbonyl (C=O) groups excluding carboxylic acids is 1. The predicted molar refractivity (Wildman–Crippen MR) is 107 cm³/mol. The molecular weight excluding hydrogens is 388 g/mol. The third-order valence-corrected chi connectivity index (χ3v) is 5.59. The monoisotopic (exact) mass is 408 g/mol. The van der Waals surface area contributed by atoms with E-state index >= 15 is 0 Å². The number of nitrogens with zero attached hydrogens (tertiary/aromatic N) is 1. The van der Waals surface area contributed by atoms with E-state index in [4.69, 9.17) is 16.3 Å². The van der Waals surface area contributed by atoms with E-state index in [0.717, 1.165) is 4.31 Å². The van der Waals surface area contributed by atoms with Gasteiger partial charge in [0, 0.05) is 11.6 Å². The average molecular weight is 409 g/mol. The van der Waals surface area contributed by atoms with Crippen molar-refractivity contribution in [2.45, 2.75) is 11.8 Å². The van der Waals surface area contributed by atoms with E-state index in [2.05, 4.69) is 11.9 Å². The van der Waals surface area contributed by atoms with Gasteiger partial charge in [-0.15, -0.1) is 6.58 Å². The molecule has 2 aromatic rings. The quantitative estimate of drug-likeness (QED) is 0.646. The van der Waals surface area contributed by atoms with Crippen LogP contribution in [0.4, 0.5) is 5.69 Å². The lowest BCUT2D eigenvalue weighted by molar-refractivity contribution is -0.119. The highest BCUT2D eigenvalue weighted by Crippen LogP contribution is 2.32. The van der Waals surface area contributed by atoms with Gasteiger partial charge in [0.15, 0.2) is 0 Å². The molecule has 1 amide bonds. The summed E-state index contributed by atoms with van der Waals surface area (Å²) in [5, 5.41) is 3.01. The zero-order valence-electron chi connectivity index (χ0n) is 14.9. The highest BCUT2D eigenvalue weighted by atomic mass is 35.5. The van der Waals surface area contributed by atoms with Gasteiger partial charge in [0.05, 0.1) is 17.2 Å². The largest absolute Gasteiger partial charge is 0.492 e. The summed E-state index contributed by atoms with van der Waals surface area (Å²) in [5.74, 6) is -0.0900. The fourth-order valence-electron chi connectivity index (χ4n) is 2.35. The fourth-order valence-corrected chi connectivity index (χ4v) is 3.90. The summed E-state index contributed by atoms with van der Waals surface area (Å²) in [7, 11) is -4.02. The third kappa shape index (κ3) is 5.24. The zero-order valence-corrected chi connectivity index (χ0v) is 16.5. The number of benzene rings is 2. The first kappa shape index (κ1) is 20.8. The first-order valence-corrected chi connectivity index (χ1v) is 10.1. The highest BCUT2D eigenvalue weighted by Gasteiger charge is 2.29. The lowest BCUT2D eigenvalue weighted by Crippen LogP contribution is -2.41. The molecule has 1 N–H and O–H groups in total. The summed E-state index contributed by atoms with van der Waals surface area (Å²) < 4.78 is 33.1. The lowest BCUT2D eigenvalue weighted by atomic mass is 10.3. The molecule has 0 bridgehead atoms. The summed E-state index contributed by atoms with van der Waals surface area (Å²) in [4.78, 5) is 12.3. The Kier molecular flexibility index (Phi) is 7.27. The van der Waals surface area contributed by atoms with Crippen LogP contribution in [0.15, 0.2) is 66.1 Å². The smallest absolute Gasteiger partial charge is 0.264 e. The molecule has 6 nitrogen and oxygen atoms in total. The molecule has 0 aliphatic heterocycles. The molecule has 8 heteroatoms. The minimum absolute atomic E-state index is 0.0229. The molecule has 0 aromatic heterocycles. The van der Waals surface area contributed by atoms with Gasteiger partial charge in [-0.3, -0.25) is 9.10 Å². The molecule has 27 heavy (non-hydrogen) atoms. The Balaban J connectivity index is 2.51. The summed E-state index contributed by atoms with van der Waals surface area (Å²) in [6.07, 6.45) is 1.52. The third-order valence-electron chi connectivity index (χ3n) is 3.57. The van der Waals surface area contributed by atoms with Crippen LogP contribution in [0.2, 0.25) is 5.02 Å². The van der Waals surface area contributed by atoms with Crippen LogP contribution in [0.5, 0.6) is 5.75 Å². The lowest BCUT2D eigenvalue weighted by Gasteiger charge is -2.25. The van der Waals surface area contributed by atoms with Gasteiger partial charge < -0.3 is 10.1 Å². The Morgan fingerprint density at radius 2 is 1.89 bits per heavy atom. The SMILES string of the molecule is C=CCNC(=O)CN(c1ccccc1OCC)S(=O)(=O)c1ccc(Cl)cc1. The van der Waals surface area contributed by atoms with Crippen molar-refractivity contribution in [1.29, 1.82) is 0 Å². The Morgan fingerprint density at radius 3 is 2.52 bits per heavy atom. The van der Waals surface area contributed by atoms with Crippen LogP contribution in [0, 0.1) is 0 Å². The minimum Gasteiger partial charge on any atom is -0.492 e. The van der Waals surface area contributed by atoms with Crippen LogP contribution in [-0.4, -0.2) is 34.0 Å². The molecule has 2 rings (SSSR count). The topological polar surface area (TPSA) is 75.7 Å². The van der Waals surface area contributed by atoms with Crippen molar-refractivity contribution in [3.05, 3.63) is 66.2 Å². The summed E-state index contributed by atoms with van der Waals surface area (Å²) in [5.41, 5.74) is 0.281. The molecule has 2 aromatic carbocycles. The van der Waals surface area contributed by atoms with Gasteiger partial charge in [-0.25, -0.2) is 8.42 Å². The van der Waals surface area contributed by atoms with Crippen molar-refractivity contribution in [3.63, 3.8) is 0 Å². The number of halogens is 1. The summed E-state index contributed by atoms with van der Waals surface area (Å²) in [6, 6.07) is 12.4. The van der Waals surface area contributed by atoms with Crippen LogP contribution in [0.25, 0.3) is 0 Å². The summed E-state index contributed by atoms with van der Waals surface area (Å²) in [6.45, 7) is 5.52. The van der Waals surface area contributed by atoms with Crippen LogP contribution >= 0.6 is 11.6 Å². The number of rotatable bonds is 9. The van der Waals surface area contributed by atoms with Crippen molar-refractivity contribution >= 4 is 33.2 Å². The average Bonchev–Trinajstić information content (AvgIpc) is 2.65. The second-order valence-corrected chi connectivity index (χ2v) is 7.76. The molecule has 0 spiro atoms. The van der Waals surface area contributed by atoms with Gasteiger partial charge in [0.25, 0.3) is 10.0 Å². The van der Waals surface area contributed by atoms with Gasteiger partial charge in [-0.05, 0) is 43.3 Å². The molecule has 0 radical (unpaired) electrons. The van der Waals surface area contributed by atoms with E-state index in [1.807, 2.05) is 0 Å². The van der Waals surface area contributed by atoms with E-state index < -0.39 is 22.5 Å². The Morgan fingerprint density at radius 1 is 1.22 bits per heavy atom. The minimum atomic E-state index is -4.02. The standard InChI is InChI=1S/C19H21ClN2O4S/c1-3-13-21-19(23)14-22(17-7-5-6-8-18(17)26-4-2)27(24,25)16-11-9-15(20)10-12-16/h3,5-12H,1,4,13-14H2,2H3,(H,21,23). The number of carbonyl (C=O) groups is 1. The van der Waals surface area contributed by atoms with E-state index in [9.17, 15) is 13.2 Å². The number of anilines is 1. The molecule has 0 aliphatic carbocycles. The number of hydrogen-bond acceptors (Lipinski definition) is 4. The van der Waals surface area contributed by atoms with Crippen LogP contribution in [-0.2, 0) is 14.8 Å². The fraction of sp³-hybridized carbons (Fsp3) is 0.211. The van der Waals surface area contributed by atoms with Gasteiger partial charge in [-0.2, -0.15) is 0 Å². The molecule has 0 aliphatic rings. The van der Waals surface area contributed by atoms with Gasteiger partial charge in [0.2, 0.25) is 5.91 Å². The number of nitrogens with one attached hydrogen (secondary N) is 1. The summed E-state index contributed by atoms with van der Waals surface area (Å²) >= 11 is 5.86. The number of hydrogen-bond donors (Lipinski definition) is 1. The maximum atomic E-state index is 13.2. The molecule has 0 atom stereocenters. The second kappa shape index (κ2) is 9.43.